The van der Waals surface area contributed by atoms with Crippen LogP contribution >= 0.6 is 0 Å². The molecule has 0 spiro atoms. The van der Waals surface area contributed by atoms with E-state index >= 15 is 0 Å². The van der Waals surface area contributed by atoms with Crippen molar-refractivity contribution in [2.75, 3.05) is 19.7 Å². The molecule has 0 aromatic heterocycles. The van der Waals surface area contributed by atoms with Gasteiger partial charge in [0.25, 0.3) is 0 Å². The van der Waals surface area contributed by atoms with Crippen molar-refractivity contribution in [1.82, 2.24) is 10.2 Å². The molecule has 1 atom stereocenters. The molecular formula is C16H22N2O4. The van der Waals surface area contributed by atoms with Gasteiger partial charge in [-0.15, -0.1) is 0 Å². The zero-order valence-electron chi connectivity index (χ0n) is 12.8. The van der Waals surface area contributed by atoms with Crippen LogP contribution in [0.25, 0.3) is 0 Å². The Hall–Kier alpha value is -2.24. The van der Waals surface area contributed by atoms with Gasteiger partial charge in [-0.2, -0.15) is 0 Å². The predicted molar refractivity (Wildman–Crippen MR) is 81.4 cm³/mol. The van der Waals surface area contributed by atoms with Crippen LogP contribution in [0.5, 0.6) is 0 Å². The largest absolute Gasteiger partial charge is 0.450 e. The molecule has 1 saturated heterocycles. The number of nitrogens with zero attached hydrogens (tertiary/aromatic N) is 1. The first-order valence-electron chi connectivity index (χ1n) is 7.58. The molecule has 0 saturated carbocycles. The van der Waals surface area contributed by atoms with Crippen molar-refractivity contribution >= 4 is 12.2 Å². The highest BCUT2D eigenvalue weighted by molar-refractivity contribution is 5.69. The molecule has 1 N–H and O–H groups in total. The molecule has 2 rings (SSSR count). The molecule has 1 aliphatic heterocycles. The topological polar surface area (TPSA) is 67.9 Å². The fourth-order valence-corrected chi connectivity index (χ4v) is 2.41. The molecule has 120 valence electrons. The van der Waals surface area contributed by atoms with Crippen LogP contribution in [0, 0.1) is 0 Å². The third kappa shape index (κ3) is 4.95. The number of hydrogen-bond donors (Lipinski definition) is 1. The molecule has 1 fully saturated rings. The summed E-state index contributed by atoms with van der Waals surface area (Å²) < 4.78 is 10.2. The summed E-state index contributed by atoms with van der Waals surface area (Å²) in [5.74, 6) is 0. The van der Waals surface area contributed by atoms with Crippen molar-refractivity contribution in [1.29, 1.82) is 0 Å². The number of hydrogen-bond acceptors (Lipinski definition) is 4. The third-order valence-corrected chi connectivity index (χ3v) is 3.48. The number of piperidine rings is 1. The Morgan fingerprint density at radius 2 is 2.05 bits per heavy atom. The predicted octanol–water partition coefficient (Wildman–Crippen LogP) is 2.53. The highest BCUT2D eigenvalue weighted by atomic mass is 16.6. The van der Waals surface area contributed by atoms with Crippen molar-refractivity contribution in [3.05, 3.63) is 35.9 Å². The monoisotopic (exact) mass is 306 g/mol. The summed E-state index contributed by atoms with van der Waals surface area (Å²) in [7, 11) is 0. The average Bonchev–Trinajstić information content (AvgIpc) is 2.54. The number of alkyl carbamates (subject to hydrolysis) is 1. The van der Waals surface area contributed by atoms with Crippen LogP contribution in [0.4, 0.5) is 9.59 Å². The van der Waals surface area contributed by atoms with Gasteiger partial charge in [-0.05, 0) is 25.3 Å². The van der Waals surface area contributed by atoms with Gasteiger partial charge >= 0.3 is 12.2 Å². The standard InChI is InChI=1S/C16H22N2O4/c1-2-21-16(20)18-10-6-9-14(11-18)17-15(19)22-12-13-7-4-3-5-8-13/h3-5,7-8,14H,2,6,9-12H2,1H3,(H,17,19). The Bertz CT molecular complexity index is 492. The van der Waals surface area contributed by atoms with Gasteiger partial charge < -0.3 is 19.7 Å². The van der Waals surface area contributed by atoms with Gasteiger partial charge in [-0.25, -0.2) is 9.59 Å². The van der Waals surface area contributed by atoms with Crippen LogP contribution in [0.3, 0.4) is 0 Å². The lowest BCUT2D eigenvalue weighted by atomic mass is 10.1. The number of benzene rings is 1. The van der Waals surface area contributed by atoms with Crippen molar-refractivity contribution < 1.29 is 19.1 Å². The quantitative estimate of drug-likeness (QED) is 0.928. The maximum atomic E-state index is 11.8. The molecule has 6 nitrogen and oxygen atoms in total. The maximum Gasteiger partial charge on any atom is 0.409 e. The van der Waals surface area contributed by atoms with E-state index in [2.05, 4.69) is 5.32 Å². The van der Waals surface area contributed by atoms with Gasteiger partial charge in [0, 0.05) is 19.1 Å². The van der Waals surface area contributed by atoms with Gasteiger partial charge in [0.05, 0.1) is 6.61 Å². The van der Waals surface area contributed by atoms with E-state index in [4.69, 9.17) is 9.47 Å². The Labute approximate surface area is 130 Å². The van der Waals surface area contributed by atoms with Crippen molar-refractivity contribution in [3.63, 3.8) is 0 Å². The molecular weight excluding hydrogens is 284 g/mol. The van der Waals surface area contributed by atoms with Gasteiger partial charge in [-0.3, -0.25) is 0 Å². The SMILES string of the molecule is CCOC(=O)N1CCCC(NC(=O)OCc2ccccc2)C1. The summed E-state index contributed by atoms with van der Waals surface area (Å²) in [6.07, 6.45) is 0.880. The van der Waals surface area contributed by atoms with Gasteiger partial charge in [-0.1, -0.05) is 30.3 Å². The van der Waals surface area contributed by atoms with E-state index < -0.39 is 6.09 Å². The van der Waals surface area contributed by atoms with E-state index in [9.17, 15) is 9.59 Å². The smallest absolute Gasteiger partial charge is 0.409 e. The first-order chi connectivity index (χ1) is 10.7. The normalized spacial score (nSPS) is 17.7. The molecule has 1 aromatic carbocycles. The van der Waals surface area contributed by atoms with Crippen LogP contribution in [0.1, 0.15) is 25.3 Å². The van der Waals surface area contributed by atoms with Gasteiger partial charge in [0.1, 0.15) is 6.61 Å². The summed E-state index contributed by atoms with van der Waals surface area (Å²) in [5, 5.41) is 2.81. The zero-order valence-corrected chi connectivity index (χ0v) is 12.8. The van der Waals surface area contributed by atoms with E-state index in [1.165, 1.54) is 0 Å². The lowest BCUT2D eigenvalue weighted by Crippen LogP contribution is -2.49. The molecule has 0 radical (unpaired) electrons. The van der Waals surface area contributed by atoms with Crippen molar-refractivity contribution in [2.24, 2.45) is 0 Å². The third-order valence-electron chi connectivity index (χ3n) is 3.48. The number of likely N-dealkylation sites (tertiary alicyclic amines) is 1. The second kappa shape index (κ2) is 8.26. The molecule has 1 aliphatic rings. The Morgan fingerprint density at radius 3 is 2.77 bits per heavy atom. The summed E-state index contributed by atoms with van der Waals surface area (Å²) in [4.78, 5) is 25.1. The molecule has 22 heavy (non-hydrogen) atoms. The van der Waals surface area contributed by atoms with Crippen molar-refractivity contribution in [2.45, 2.75) is 32.4 Å². The van der Waals surface area contributed by atoms with Crippen LogP contribution in [-0.4, -0.2) is 42.8 Å². The molecule has 2 amide bonds. The minimum Gasteiger partial charge on any atom is -0.450 e. The van der Waals surface area contributed by atoms with Gasteiger partial charge in [0.2, 0.25) is 0 Å². The van der Waals surface area contributed by atoms with E-state index in [1.807, 2.05) is 30.3 Å². The Balaban J connectivity index is 1.75. The summed E-state index contributed by atoms with van der Waals surface area (Å²) in [6.45, 7) is 3.49. The highest BCUT2D eigenvalue weighted by Crippen LogP contribution is 2.11. The number of ether oxygens (including phenoxy) is 2. The van der Waals surface area contributed by atoms with Crippen LogP contribution in [-0.2, 0) is 16.1 Å². The van der Waals surface area contributed by atoms with Crippen LogP contribution in [0.2, 0.25) is 0 Å². The molecule has 1 heterocycles. The summed E-state index contributed by atoms with van der Waals surface area (Å²) >= 11 is 0. The zero-order chi connectivity index (χ0) is 15.8. The Kier molecular flexibility index (Phi) is 6.06. The lowest BCUT2D eigenvalue weighted by molar-refractivity contribution is 0.0887. The van der Waals surface area contributed by atoms with E-state index in [0.717, 1.165) is 18.4 Å². The Morgan fingerprint density at radius 1 is 1.27 bits per heavy atom. The van der Waals surface area contributed by atoms with E-state index in [1.54, 1.807) is 11.8 Å². The maximum absolute atomic E-state index is 11.8. The molecule has 0 bridgehead atoms. The highest BCUT2D eigenvalue weighted by Gasteiger charge is 2.25. The number of carbonyl (C=O) groups is 2. The second-order valence-electron chi connectivity index (χ2n) is 5.19. The minimum absolute atomic E-state index is 0.0959. The average molecular weight is 306 g/mol. The molecule has 6 heteroatoms. The van der Waals surface area contributed by atoms with Crippen molar-refractivity contribution in [3.8, 4) is 0 Å². The number of rotatable bonds is 4. The van der Waals surface area contributed by atoms with Crippen LogP contribution < -0.4 is 5.32 Å². The molecule has 1 aromatic rings. The fraction of sp³-hybridized carbons (Fsp3) is 0.500. The first-order valence-corrected chi connectivity index (χ1v) is 7.58. The minimum atomic E-state index is -0.459. The number of amides is 2. The second-order valence-corrected chi connectivity index (χ2v) is 5.19. The fourth-order valence-electron chi connectivity index (χ4n) is 2.41. The first kappa shape index (κ1) is 16.1. The number of carbonyl (C=O) groups excluding carboxylic acids is 2. The molecule has 0 aliphatic carbocycles. The number of nitrogens with one attached hydrogen (secondary N) is 1. The van der Waals surface area contributed by atoms with E-state index in [0.29, 0.717) is 19.7 Å². The van der Waals surface area contributed by atoms with E-state index in [-0.39, 0.29) is 18.7 Å². The summed E-state index contributed by atoms with van der Waals surface area (Å²) in [6, 6.07) is 9.41. The lowest BCUT2D eigenvalue weighted by Gasteiger charge is -2.32. The van der Waals surface area contributed by atoms with Crippen LogP contribution in [0.15, 0.2) is 30.3 Å². The van der Waals surface area contributed by atoms with Gasteiger partial charge in [0.15, 0.2) is 0 Å². The molecule has 1 unspecified atom stereocenters. The summed E-state index contributed by atoms with van der Waals surface area (Å²) in [5.41, 5.74) is 0.939.